The molecule has 0 aliphatic heterocycles. The maximum absolute atomic E-state index is 6.30. The van der Waals surface area contributed by atoms with Gasteiger partial charge in [-0.15, -0.1) is 0 Å². The molecule has 0 bridgehead atoms. The Morgan fingerprint density at radius 2 is 1.95 bits per heavy atom. The van der Waals surface area contributed by atoms with E-state index in [9.17, 15) is 0 Å². The normalized spacial score (nSPS) is 20.4. The zero-order valence-corrected chi connectivity index (χ0v) is 15.2. The second-order valence-electron chi connectivity index (χ2n) is 6.75. The highest BCUT2D eigenvalue weighted by Crippen LogP contribution is 2.38. The number of benzene rings is 1. The zero-order chi connectivity index (χ0) is 15.6. The van der Waals surface area contributed by atoms with E-state index < -0.39 is 0 Å². The third kappa shape index (κ3) is 3.67. The number of hydrogen-bond donors (Lipinski definition) is 1. The largest absolute Gasteiger partial charge is 0.326 e. The average molecular weight is 354 g/mol. The van der Waals surface area contributed by atoms with E-state index >= 15 is 0 Å². The zero-order valence-electron chi connectivity index (χ0n) is 13.6. The van der Waals surface area contributed by atoms with Crippen LogP contribution in [0.1, 0.15) is 37.8 Å². The third-order valence-corrected chi connectivity index (χ3v) is 5.43. The molecule has 2 rings (SSSR count). The van der Waals surface area contributed by atoms with Gasteiger partial charge in [-0.05, 0) is 65.0 Å². The van der Waals surface area contributed by atoms with E-state index in [-0.39, 0.29) is 12.1 Å². The summed E-state index contributed by atoms with van der Waals surface area (Å²) in [5, 5.41) is 0. The summed E-state index contributed by atoms with van der Waals surface area (Å²) in [6.07, 6.45) is 3.91. The standard InChI is InChI=1S/C17H28BrN3/c1-13(19)16(14-7-5-8-15(18)11-14)21(4)12-17(20(2)3)9-6-10-17/h5,7-8,11,13,16H,6,9-10,12,19H2,1-4H3. The number of rotatable bonds is 6. The maximum atomic E-state index is 6.30. The van der Waals surface area contributed by atoms with Crippen LogP contribution in [-0.2, 0) is 0 Å². The number of hydrogen-bond acceptors (Lipinski definition) is 3. The third-order valence-electron chi connectivity index (χ3n) is 4.94. The molecule has 0 spiro atoms. The Morgan fingerprint density at radius 1 is 1.29 bits per heavy atom. The van der Waals surface area contributed by atoms with Gasteiger partial charge in [-0.25, -0.2) is 0 Å². The summed E-state index contributed by atoms with van der Waals surface area (Å²) in [5.74, 6) is 0. The molecule has 0 amide bonds. The predicted molar refractivity (Wildman–Crippen MR) is 93.4 cm³/mol. The van der Waals surface area contributed by atoms with Crippen molar-refractivity contribution < 1.29 is 0 Å². The molecular formula is C17H28BrN3. The Balaban J connectivity index is 2.18. The molecule has 2 N–H and O–H groups in total. The highest BCUT2D eigenvalue weighted by atomic mass is 79.9. The highest BCUT2D eigenvalue weighted by Gasteiger charge is 2.41. The van der Waals surface area contributed by atoms with Crippen molar-refractivity contribution in [2.45, 2.75) is 43.8 Å². The monoisotopic (exact) mass is 353 g/mol. The molecule has 118 valence electrons. The molecule has 1 saturated carbocycles. The van der Waals surface area contributed by atoms with E-state index in [1.54, 1.807) is 0 Å². The molecule has 21 heavy (non-hydrogen) atoms. The van der Waals surface area contributed by atoms with E-state index in [4.69, 9.17) is 5.73 Å². The van der Waals surface area contributed by atoms with Gasteiger partial charge in [0.25, 0.3) is 0 Å². The number of nitrogens with zero attached hydrogens (tertiary/aromatic N) is 2. The molecule has 1 aromatic rings. The summed E-state index contributed by atoms with van der Waals surface area (Å²) in [4.78, 5) is 4.83. The first-order valence-electron chi connectivity index (χ1n) is 7.74. The summed E-state index contributed by atoms with van der Waals surface area (Å²) in [6.45, 7) is 3.17. The first-order valence-corrected chi connectivity index (χ1v) is 8.54. The van der Waals surface area contributed by atoms with Crippen LogP contribution in [-0.4, -0.2) is 49.1 Å². The summed E-state index contributed by atoms with van der Waals surface area (Å²) >= 11 is 3.57. The Bertz CT molecular complexity index is 469. The minimum atomic E-state index is 0.101. The number of likely N-dealkylation sites (N-methyl/N-ethyl adjacent to an activating group) is 2. The van der Waals surface area contributed by atoms with Gasteiger partial charge in [0.05, 0.1) is 0 Å². The van der Waals surface area contributed by atoms with Crippen LogP contribution >= 0.6 is 15.9 Å². The van der Waals surface area contributed by atoms with Crippen molar-refractivity contribution in [3.8, 4) is 0 Å². The van der Waals surface area contributed by atoms with Gasteiger partial charge in [0.1, 0.15) is 0 Å². The van der Waals surface area contributed by atoms with Crippen molar-refractivity contribution in [3.05, 3.63) is 34.3 Å². The summed E-state index contributed by atoms with van der Waals surface area (Å²) in [5.41, 5.74) is 7.92. The van der Waals surface area contributed by atoms with E-state index in [1.165, 1.54) is 24.8 Å². The Morgan fingerprint density at radius 3 is 2.38 bits per heavy atom. The molecule has 0 heterocycles. The quantitative estimate of drug-likeness (QED) is 0.851. The van der Waals surface area contributed by atoms with Crippen LogP contribution in [0, 0.1) is 0 Å². The van der Waals surface area contributed by atoms with Gasteiger partial charge >= 0.3 is 0 Å². The second-order valence-corrected chi connectivity index (χ2v) is 7.66. The molecule has 3 nitrogen and oxygen atoms in total. The van der Waals surface area contributed by atoms with Gasteiger partial charge in [-0.3, -0.25) is 4.90 Å². The highest BCUT2D eigenvalue weighted by molar-refractivity contribution is 9.10. The van der Waals surface area contributed by atoms with E-state index in [2.05, 4.69) is 78.1 Å². The van der Waals surface area contributed by atoms with Crippen molar-refractivity contribution in [1.82, 2.24) is 9.80 Å². The molecule has 0 aromatic heterocycles. The molecule has 2 unspecified atom stereocenters. The molecule has 1 aromatic carbocycles. The fourth-order valence-electron chi connectivity index (χ4n) is 3.54. The number of halogens is 1. The van der Waals surface area contributed by atoms with Gasteiger partial charge in [-0.2, -0.15) is 0 Å². The molecule has 1 fully saturated rings. The van der Waals surface area contributed by atoms with Crippen molar-refractivity contribution in [2.24, 2.45) is 5.73 Å². The first kappa shape index (κ1) is 16.9. The molecule has 1 aliphatic carbocycles. The lowest BCUT2D eigenvalue weighted by molar-refractivity contribution is 0.0131. The van der Waals surface area contributed by atoms with Crippen LogP contribution in [0.4, 0.5) is 0 Å². The van der Waals surface area contributed by atoms with Crippen molar-refractivity contribution in [2.75, 3.05) is 27.7 Å². The first-order chi connectivity index (χ1) is 9.85. The molecule has 0 saturated heterocycles. The lowest BCUT2D eigenvalue weighted by Gasteiger charge is -2.50. The summed E-state index contributed by atoms with van der Waals surface area (Å²) < 4.78 is 1.12. The van der Waals surface area contributed by atoms with Crippen LogP contribution in [0.3, 0.4) is 0 Å². The fourth-order valence-corrected chi connectivity index (χ4v) is 3.96. The Kier molecular flexibility index (Phi) is 5.47. The predicted octanol–water partition coefficient (Wildman–Crippen LogP) is 3.25. The van der Waals surface area contributed by atoms with Crippen molar-refractivity contribution in [1.29, 1.82) is 0 Å². The molecule has 2 atom stereocenters. The van der Waals surface area contributed by atoms with Crippen LogP contribution in [0.2, 0.25) is 0 Å². The molecular weight excluding hydrogens is 326 g/mol. The number of nitrogens with two attached hydrogens (primary N) is 1. The molecule has 0 radical (unpaired) electrons. The topological polar surface area (TPSA) is 32.5 Å². The van der Waals surface area contributed by atoms with Crippen molar-refractivity contribution >= 4 is 15.9 Å². The summed E-state index contributed by atoms with van der Waals surface area (Å²) in [6, 6.07) is 8.87. The maximum Gasteiger partial charge on any atom is 0.0494 e. The lowest BCUT2D eigenvalue weighted by Crippen LogP contribution is -2.58. The second kappa shape index (κ2) is 6.78. The van der Waals surface area contributed by atoms with Crippen LogP contribution in [0.5, 0.6) is 0 Å². The molecule has 4 heteroatoms. The fraction of sp³-hybridized carbons (Fsp3) is 0.647. The van der Waals surface area contributed by atoms with Gasteiger partial charge in [-0.1, -0.05) is 28.1 Å². The van der Waals surface area contributed by atoms with E-state index in [1.807, 2.05) is 0 Å². The van der Waals surface area contributed by atoms with Crippen LogP contribution < -0.4 is 5.73 Å². The van der Waals surface area contributed by atoms with Gasteiger partial charge in [0, 0.05) is 28.6 Å². The van der Waals surface area contributed by atoms with Gasteiger partial charge in [0.15, 0.2) is 0 Å². The minimum absolute atomic E-state index is 0.101. The SMILES string of the molecule is CC(N)C(c1cccc(Br)c1)N(C)CC1(N(C)C)CCC1. The van der Waals surface area contributed by atoms with E-state index in [0.717, 1.165) is 11.0 Å². The lowest BCUT2D eigenvalue weighted by atomic mass is 9.75. The Hall–Kier alpha value is -0.420. The summed E-state index contributed by atoms with van der Waals surface area (Å²) in [7, 11) is 6.61. The minimum Gasteiger partial charge on any atom is -0.326 e. The molecule has 1 aliphatic rings. The smallest absolute Gasteiger partial charge is 0.0494 e. The van der Waals surface area contributed by atoms with Gasteiger partial charge < -0.3 is 10.6 Å². The van der Waals surface area contributed by atoms with Crippen LogP contribution in [0.25, 0.3) is 0 Å². The van der Waals surface area contributed by atoms with Gasteiger partial charge in [0.2, 0.25) is 0 Å². The van der Waals surface area contributed by atoms with Crippen molar-refractivity contribution in [3.63, 3.8) is 0 Å². The van der Waals surface area contributed by atoms with E-state index in [0.29, 0.717) is 5.54 Å². The Labute approximate surface area is 137 Å². The van der Waals surface area contributed by atoms with Crippen LogP contribution in [0.15, 0.2) is 28.7 Å². The average Bonchev–Trinajstić information content (AvgIpc) is 2.33.